The van der Waals surface area contributed by atoms with Crippen molar-refractivity contribution in [3.8, 4) is 0 Å². The second-order valence-electron chi connectivity index (χ2n) is 7.03. The molecule has 1 amide bonds. The van der Waals surface area contributed by atoms with Crippen LogP contribution in [0, 0.1) is 18.8 Å². The van der Waals surface area contributed by atoms with E-state index < -0.39 is 0 Å². The molecule has 2 fully saturated rings. The summed E-state index contributed by atoms with van der Waals surface area (Å²) in [4.78, 5) is 25.8. The summed E-state index contributed by atoms with van der Waals surface area (Å²) < 4.78 is 0. The van der Waals surface area contributed by atoms with Gasteiger partial charge in [0.15, 0.2) is 0 Å². The van der Waals surface area contributed by atoms with E-state index >= 15 is 0 Å². The number of hydrogen-bond donors (Lipinski definition) is 0. The Labute approximate surface area is 132 Å². The van der Waals surface area contributed by atoms with Gasteiger partial charge in [-0.25, -0.2) is 9.97 Å². The molecule has 0 bridgehead atoms. The second-order valence-corrected chi connectivity index (χ2v) is 7.03. The number of aryl methyl sites for hydroxylation is 1. The van der Waals surface area contributed by atoms with Gasteiger partial charge >= 0.3 is 0 Å². The van der Waals surface area contributed by atoms with Crippen molar-refractivity contribution in [1.82, 2.24) is 14.9 Å². The van der Waals surface area contributed by atoms with Gasteiger partial charge in [-0.05, 0) is 37.7 Å². The molecule has 5 nitrogen and oxygen atoms in total. The molecule has 2 aliphatic rings. The summed E-state index contributed by atoms with van der Waals surface area (Å²) in [5.41, 5.74) is 0.992. The lowest BCUT2D eigenvalue weighted by Crippen LogP contribution is -2.50. The van der Waals surface area contributed by atoms with Crippen molar-refractivity contribution in [1.29, 1.82) is 0 Å². The average molecular weight is 302 g/mol. The number of amides is 1. The molecule has 0 radical (unpaired) electrons. The zero-order chi connectivity index (χ0) is 15.7. The van der Waals surface area contributed by atoms with Crippen LogP contribution in [0.4, 0.5) is 5.95 Å². The molecule has 1 aromatic heterocycles. The van der Waals surface area contributed by atoms with Crippen molar-refractivity contribution in [3.63, 3.8) is 0 Å². The minimum absolute atomic E-state index is 0.314. The highest BCUT2D eigenvalue weighted by molar-refractivity contribution is 5.77. The molecule has 2 saturated heterocycles. The van der Waals surface area contributed by atoms with Gasteiger partial charge in [-0.2, -0.15) is 0 Å². The maximum atomic E-state index is 12.5. The fourth-order valence-electron chi connectivity index (χ4n) is 3.69. The molecular weight excluding hydrogens is 276 g/mol. The second kappa shape index (κ2) is 6.23. The Morgan fingerprint density at radius 1 is 1.36 bits per heavy atom. The minimum atomic E-state index is 0.314. The predicted molar refractivity (Wildman–Crippen MR) is 86.7 cm³/mol. The summed E-state index contributed by atoms with van der Waals surface area (Å²) in [5.74, 6) is 2.19. The van der Waals surface area contributed by atoms with Crippen LogP contribution in [0.2, 0.25) is 0 Å². The van der Waals surface area contributed by atoms with Crippen LogP contribution in [-0.4, -0.2) is 46.5 Å². The smallest absolute Gasteiger partial charge is 0.225 e. The van der Waals surface area contributed by atoms with Crippen LogP contribution >= 0.6 is 0 Å². The number of fused-ring (bicyclic) bond motifs is 1. The van der Waals surface area contributed by atoms with Crippen molar-refractivity contribution in [2.24, 2.45) is 11.8 Å². The van der Waals surface area contributed by atoms with Crippen molar-refractivity contribution >= 4 is 11.9 Å². The minimum Gasteiger partial charge on any atom is -0.339 e. The van der Waals surface area contributed by atoms with Gasteiger partial charge in [0.2, 0.25) is 11.9 Å². The summed E-state index contributed by atoms with van der Waals surface area (Å²) >= 11 is 0. The predicted octanol–water partition coefficient (Wildman–Crippen LogP) is 2.26. The Balaban J connectivity index is 1.72. The summed E-state index contributed by atoms with van der Waals surface area (Å²) in [7, 11) is 0. The van der Waals surface area contributed by atoms with Gasteiger partial charge in [-0.15, -0.1) is 0 Å². The third-order valence-electron chi connectivity index (χ3n) is 4.83. The molecule has 3 rings (SSSR count). The fraction of sp³-hybridized carbons (Fsp3) is 0.706. The Morgan fingerprint density at radius 3 is 2.86 bits per heavy atom. The van der Waals surface area contributed by atoms with Gasteiger partial charge in [-0.3, -0.25) is 4.79 Å². The van der Waals surface area contributed by atoms with Gasteiger partial charge in [-0.1, -0.05) is 13.8 Å². The topological polar surface area (TPSA) is 49.3 Å². The Morgan fingerprint density at radius 2 is 2.14 bits per heavy atom. The highest BCUT2D eigenvalue weighted by Crippen LogP contribution is 2.33. The van der Waals surface area contributed by atoms with Gasteiger partial charge in [0.05, 0.1) is 6.04 Å². The van der Waals surface area contributed by atoms with Gasteiger partial charge in [0.25, 0.3) is 0 Å². The molecular formula is C17H26N4O. The standard InChI is InChI=1S/C17H26N4O/c1-12(2)10-16(22)21-9-6-14-5-8-20(11-15(14)21)17-18-7-4-13(3)19-17/h4,7,12,14-15H,5-6,8-11H2,1-3H3. The van der Waals surface area contributed by atoms with Gasteiger partial charge in [0, 0.05) is 37.9 Å². The van der Waals surface area contributed by atoms with E-state index in [0.717, 1.165) is 44.1 Å². The molecule has 0 spiro atoms. The van der Waals surface area contributed by atoms with E-state index in [1.165, 1.54) is 0 Å². The number of carbonyl (C=O) groups excluding carboxylic acids is 1. The summed E-state index contributed by atoms with van der Waals surface area (Å²) in [6, 6.07) is 2.26. The van der Waals surface area contributed by atoms with E-state index in [9.17, 15) is 4.79 Å². The Bertz CT molecular complexity index is 545. The van der Waals surface area contributed by atoms with Crippen LogP contribution < -0.4 is 4.90 Å². The normalized spacial score (nSPS) is 24.7. The van der Waals surface area contributed by atoms with Crippen molar-refractivity contribution < 1.29 is 4.79 Å². The average Bonchev–Trinajstić information content (AvgIpc) is 2.89. The van der Waals surface area contributed by atoms with Crippen molar-refractivity contribution in [2.75, 3.05) is 24.5 Å². The quantitative estimate of drug-likeness (QED) is 0.859. The molecule has 1 aromatic rings. The fourth-order valence-corrected chi connectivity index (χ4v) is 3.69. The first-order valence-corrected chi connectivity index (χ1v) is 8.38. The monoisotopic (exact) mass is 302 g/mol. The zero-order valence-electron chi connectivity index (χ0n) is 13.8. The Hall–Kier alpha value is -1.65. The van der Waals surface area contributed by atoms with Crippen LogP contribution in [0.3, 0.4) is 0 Å². The molecule has 0 saturated carbocycles. The molecule has 0 aromatic carbocycles. The first-order chi connectivity index (χ1) is 10.5. The molecule has 120 valence electrons. The first kappa shape index (κ1) is 15.3. The molecule has 5 heteroatoms. The van der Waals surface area contributed by atoms with E-state index in [-0.39, 0.29) is 0 Å². The molecule has 2 atom stereocenters. The lowest BCUT2D eigenvalue weighted by atomic mass is 9.92. The molecule has 2 unspecified atom stereocenters. The highest BCUT2D eigenvalue weighted by atomic mass is 16.2. The van der Waals surface area contributed by atoms with Crippen LogP contribution in [-0.2, 0) is 4.79 Å². The number of carbonyl (C=O) groups is 1. The summed E-state index contributed by atoms with van der Waals surface area (Å²) in [6.07, 6.45) is 4.76. The van der Waals surface area contributed by atoms with E-state index in [2.05, 4.69) is 33.6 Å². The molecule has 0 aliphatic carbocycles. The van der Waals surface area contributed by atoms with Gasteiger partial charge in [0.1, 0.15) is 0 Å². The number of likely N-dealkylation sites (tertiary alicyclic amines) is 1. The first-order valence-electron chi connectivity index (χ1n) is 8.38. The molecule has 2 aliphatic heterocycles. The van der Waals surface area contributed by atoms with Crippen LogP contribution in [0.25, 0.3) is 0 Å². The summed E-state index contributed by atoms with van der Waals surface area (Å²) in [6.45, 7) is 9.00. The number of nitrogens with zero attached hydrogens (tertiary/aromatic N) is 4. The third-order valence-corrected chi connectivity index (χ3v) is 4.83. The number of rotatable bonds is 3. The third kappa shape index (κ3) is 3.08. The lowest BCUT2D eigenvalue weighted by Gasteiger charge is -2.38. The number of piperidine rings is 1. The number of hydrogen-bond acceptors (Lipinski definition) is 4. The maximum Gasteiger partial charge on any atom is 0.225 e. The van der Waals surface area contributed by atoms with Gasteiger partial charge < -0.3 is 9.80 Å². The van der Waals surface area contributed by atoms with Crippen molar-refractivity contribution in [2.45, 2.75) is 46.1 Å². The molecule has 22 heavy (non-hydrogen) atoms. The van der Waals surface area contributed by atoms with E-state index in [0.29, 0.717) is 30.2 Å². The SMILES string of the molecule is Cc1ccnc(N2CCC3CCN(C(=O)CC(C)C)C3C2)n1. The largest absolute Gasteiger partial charge is 0.339 e. The molecule has 0 N–H and O–H groups in total. The number of anilines is 1. The van der Waals surface area contributed by atoms with Crippen LogP contribution in [0.15, 0.2) is 12.3 Å². The van der Waals surface area contributed by atoms with E-state index in [1.54, 1.807) is 0 Å². The van der Waals surface area contributed by atoms with E-state index in [1.807, 2.05) is 19.2 Å². The zero-order valence-corrected chi connectivity index (χ0v) is 13.8. The number of aromatic nitrogens is 2. The highest BCUT2D eigenvalue weighted by Gasteiger charge is 2.40. The van der Waals surface area contributed by atoms with E-state index in [4.69, 9.17) is 0 Å². The molecule has 3 heterocycles. The van der Waals surface area contributed by atoms with Crippen LogP contribution in [0.5, 0.6) is 0 Å². The Kier molecular flexibility index (Phi) is 4.32. The summed E-state index contributed by atoms with van der Waals surface area (Å²) in [5, 5.41) is 0. The lowest BCUT2D eigenvalue weighted by molar-refractivity contribution is -0.133. The van der Waals surface area contributed by atoms with Crippen LogP contribution in [0.1, 0.15) is 38.8 Å². The maximum absolute atomic E-state index is 12.5. The van der Waals surface area contributed by atoms with Crippen molar-refractivity contribution in [3.05, 3.63) is 18.0 Å².